The van der Waals surface area contributed by atoms with Crippen molar-refractivity contribution in [2.45, 2.75) is 6.54 Å². The van der Waals surface area contributed by atoms with Gasteiger partial charge in [0.25, 0.3) is 0 Å². The summed E-state index contributed by atoms with van der Waals surface area (Å²) in [5.74, 6) is 0. The van der Waals surface area contributed by atoms with Gasteiger partial charge < -0.3 is 4.57 Å². The number of fused-ring (bicyclic) bond motifs is 1. The maximum atomic E-state index is 9.20. The molecule has 0 saturated carbocycles. The first-order valence-electron chi connectivity index (χ1n) is 5.20. The molecule has 0 saturated heterocycles. The highest BCUT2D eigenvalue weighted by Gasteiger charge is 2.11. The van der Waals surface area contributed by atoms with Crippen molar-refractivity contribution in [3.05, 3.63) is 54.5 Å². The first-order chi connectivity index (χ1) is 8.38. The van der Waals surface area contributed by atoms with E-state index >= 15 is 0 Å². The molecule has 17 heavy (non-hydrogen) atoms. The van der Waals surface area contributed by atoms with Crippen molar-refractivity contribution in [2.75, 3.05) is 0 Å². The number of imidazole rings is 2. The third kappa shape index (κ3) is 1.56. The Morgan fingerprint density at radius 2 is 2.24 bits per heavy atom. The van der Waals surface area contributed by atoms with Gasteiger partial charge in [0.15, 0.2) is 0 Å². The number of nitrogens with zero attached hydrogens (tertiary/aromatic N) is 5. The van der Waals surface area contributed by atoms with Crippen molar-refractivity contribution in [3.8, 4) is 6.07 Å². The molecule has 3 heterocycles. The molecule has 0 aliphatic heterocycles. The quantitative estimate of drug-likeness (QED) is 0.660. The number of nitriles is 1. The summed E-state index contributed by atoms with van der Waals surface area (Å²) in [4.78, 5) is 8.42. The molecule has 0 unspecified atom stereocenters. The first kappa shape index (κ1) is 9.60. The smallest absolute Gasteiger partial charge is 0.149 e. The summed E-state index contributed by atoms with van der Waals surface area (Å²) in [5.41, 5.74) is 2.13. The molecule has 3 aromatic rings. The normalized spacial score (nSPS) is 10.5. The summed E-state index contributed by atoms with van der Waals surface area (Å²) in [6, 6.07) is 7.88. The Kier molecular flexibility index (Phi) is 2.12. The minimum absolute atomic E-state index is 0.560. The van der Waals surface area contributed by atoms with Gasteiger partial charge in [-0.15, -0.1) is 0 Å². The van der Waals surface area contributed by atoms with Crippen molar-refractivity contribution in [1.82, 2.24) is 18.9 Å². The van der Waals surface area contributed by atoms with Crippen LogP contribution in [0.4, 0.5) is 0 Å². The highest BCUT2D eigenvalue weighted by atomic mass is 15.1. The third-order valence-corrected chi connectivity index (χ3v) is 2.60. The van der Waals surface area contributed by atoms with Crippen LogP contribution < -0.4 is 0 Å². The van der Waals surface area contributed by atoms with Crippen LogP contribution in [0.5, 0.6) is 0 Å². The van der Waals surface area contributed by atoms with Gasteiger partial charge in [0, 0.05) is 18.6 Å². The molecule has 0 bridgehead atoms. The zero-order valence-electron chi connectivity index (χ0n) is 8.98. The fraction of sp³-hybridized carbons (Fsp3) is 0.0833. The number of hydrogen-bond donors (Lipinski definition) is 0. The number of aromatic nitrogens is 4. The molecule has 3 aromatic heterocycles. The monoisotopic (exact) mass is 223 g/mol. The van der Waals surface area contributed by atoms with E-state index in [4.69, 9.17) is 0 Å². The minimum Gasteiger partial charge on any atom is -0.331 e. The van der Waals surface area contributed by atoms with Gasteiger partial charge in [-0.05, 0) is 12.1 Å². The SMILES string of the molecule is N#Cc1c(Cn2ccnc2)nc2ccccn12. The van der Waals surface area contributed by atoms with E-state index in [0.29, 0.717) is 12.2 Å². The molecule has 0 spiro atoms. The van der Waals surface area contributed by atoms with Crippen LogP contribution in [0.25, 0.3) is 5.65 Å². The van der Waals surface area contributed by atoms with Gasteiger partial charge in [0.2, 0.25) is 0 Å². The average molecular weight is 223 g/mol. The highest BCUT2D eigenvalue weighted by Crippen LogP contribution is 2.12. The van der Waals surface area contributed by atoms with Crippen LogP contribution in [-0.4, -0.2) is 18.9 Å². The van der Waals surface area contributed by atoms with Crippen molar-refractivity contribution < 1.29 is 0 Å². The van der Waals surface area contributed by atoms with E-state index < -0.39 is 0 Å². The van der Waals surface area contributed by atoms with E-state index in [2.05, 4.69) is 16.0 Å². The summed E-state index contributed by atoms with van der Waals surface area (Å²) >= 11 is 0. The van der Waals surface area contributed by atoms with Crippen LogP contribution in [0.3, 0.4) is 0 Å². The molecule has 0 aliphatic carbocycles. The second-order valence-corrected chi connectivity index (χ2v) is 3.68. The first-order valence-corrected chi connectivity index (χ1v) is 5.20. The Morgan fingerprint density at radius 3 is 3.00 bits per heavy atom. The van der Waals surface area contributed by atoms with E-state index in [9.17, 15) is 5.26 Å². The molecule has 0 aromatic carbocycles. The number of hydrogen-bond acceptors (Lipinski definition) is 3. The van der Waals surface area contributed by atoms with Gasteiger partial charge >= 0.3 is 0 Å². The molecule has 5 heteroatoms. The minimum atomic E-state index is 0.560. The van der Waals surface area contributed by atoms with Gasteiger partial charge in [0.1, 0.15) is 17.4 Å². The fourth-order valence-corrected chi connectivity index (χ4v) is 1.83. The largest absolute Gasteiger partial charge is 0.331 e. The lowest BCUT2D eigenvalue weighted by Gasteiger charge is -1.98. The van der Waals surface area contributed by atoms with Crippen LogP contribution in [0.1, 0.15) is 11.4 Å². The van der Waals surface area contributed by atoms with Crippen molar-refractivity contribution in [2.24, 2.45) is 0 Å². The third-order valence-electron chi connectivity index (χ3n) is 2.60. The Morgan fingerprint density at radius 1 is 1.29 bits per heavy atom. The summed E-state index contributed by atoms with van der Waals surface area (Å²) in [5, 5.41) is 9.20. The van der Waals surface area contributed by atoms with Crippen LogP contribution in [-0.2, 0) is 6.54 Å². The molecule has 0 fully saturated rings. The van der Waals surface area contributed by atoms with Crippen LogP contribution in [0, 0.1) is 11.3 Å². The topological polar surface area (TPSA) is 58.9 Å². The summed E-state index contributed by atoms with van der Waals surface area (Å²) in [6.45, 7) is 0.560. The molecule has 0 atom stereocenters. The predicted molar refractivity (Wildman–Crippen MR) is 61.2 cm³/mol. The molecule has 0 N–H and O–H groups in total. The maximum absolute atomic E-state index is 9.20. The molecule has 82 valence electrons. The molecule has 5 nitrogen and oxygen atoms in total. The Labute approximate surface area is 97.6 Å². The van der Waals surface area contributed by atoms with Gasteiger partial charge in [-0.3, -0.25) is 4.40 Å². The summed E-state index contributed by atoms with van der Waals surface area (Å²) in [7, 11) is 0. The van der Waals surface area contributed by atoms with Gasteiger partial charge in [0.05, 0.1) is 18.6 Å². The van der Waals surface area contributed by atoms with Crippen molar-refractivity contribution >= 4 is 5.65 Å². The van der Waals surface area contributed by atoms with Crippen LogP contribution in [0.15, 0.2) is 43.1 Å². The maximum Gasteiger partial charge on any atom is 0.149 e. The Hall–Kier alpha value is -2.61. The van der Waals surface area contributed by atoms with Crippen molar-refractivity contribution in [3.63, 3.8) is 0 Å². The zero-order chi connectivity index (χ0) is 11.7. The summed E-state index contributed by atoms with van der Waals surface area (Å²) < 4.78 is 3.69. The Bertz CT molecular complexity index is 687. The molecular weight excluding hydrogens is 214 g/mol. The van der Waals surface area contributed by atoms with Gasteiger partial charge in [-0.2, -0.15) is 5.26 Å². The standard InChI is InChI=1S/C12H9N5/c13-7-11-10(8-16-6-4-14-9-16)15-12-3-1-2-5-17(11)12/h1-6,9H,8H2. The Balaban J connectivity index is 2.13. The van der Waals surface area contributed by atoms with E-state index in [1.807, 2.05) is 35.2 Å². The highest BCUT2D eigenvalue weighted by molar-refractivity contribution is 5.47. The lowest BCUT2D eigenvalue weighted by atomic mass is 10.3. The van der Waals surface area contributed by atoms with Crippen LogP contribution >= 0.6 is 0 Å². The summed E-state index contributed by atoms with van der Waals surface area (Å²) in [6.07, 6.45) is 7.12. The fourth-order valence-electron chi connectivity index (χ4n) is 1.83. The molecule has 0 aliphatic rings. The molecule has 0 amide bonds. The molecule has 3 rings (SSSR count). The van der Waals surface area contributed by atoms with Crippen LogP contribution in [0.2, 0.25) is 0 Å². The molecule has 0 radical (unpaired) electrons. The lowest BCUT2D eigenvalue weighted by Crippen LogP contribution is -1.99. The zero-order valence-corrected chi connectivity index (χ0v) is 8.98. The van der Waals surface area contributed by atoms with Gasteiger partial charge in [-0.25, -0.2) is 9.97 Å². The van der Waals surface area contributed by atoms with E-state index in [1.54, 1.807) is 16.9 Å². The predicted octanol–water partition coefficient (Wildman–Crippen LogP) is 1.45. The van der Waals surface area contributed by atoms with Crippen molar-refractivity contribution in [1.29, 1.82) is 5.26 Å². The average Bonchev–Trinajstić information content (AvgIpc) is 2.96. The van der Waals surface area contributed by atoms with Gasteiger partial charge in [-0.1, -0.05) is 6.07 Å². The van der Waals surface area contributed by atoms with E-state index in [-0.39, 0.29) is 0 Å². The van der Waals surface area contributed by atoms with E-state index in [0.717, 1.165) is 11.3 Å². The molecular formula is C12H9N5. The number of rotatable bonds is 2. The second kappa shape index (κ2) is 3.76. The lowest BCUT2D eigenvalue weighted by molar-refractivity contribution is 0.776. The second-order valence-electron chi connectivity index (χ2n) is 3.68. The van der Waals surface area contributed by atoms with E-state index in [1.165, 1.54) is 0 Å². The number of pyridine rings is 1.